The maximum absolute atomic E-state index is 13.2. The van der Waals surface area contributed by atoms with Gasteiger partial charge in [0.1, 0.15) is 5.82 Å². The van der Waals surface area contributed by atoms with Gasteiger partial charge in [-0.15, -0.1) is 0 Å². The number of hydrogen-bond acceptors (Lipinski definition) is 7. The lowest BCUT2D eigenvalue weighted by atomic mass is 10.1. The Morgan fingerprint density at radius 2 is 1.88 bits per heavy atom. The number of nitrogens with zero attached hydrogens (tertiary/aromatic N) is 2. The number of hydrogen-bond donors (Lipinski definition) is 0. The van der Waals surface area contributed by atoms with Gasteiger partial charge in [0.25, 0.3) is 5.91 Å². The summed E-state index contributed by atoms with van der Waals surface area (Å²) < 4.78 is 29.3. The third kappa shape index (κ3) is 6.30. The molecule has 0 bridgehead atoms. The van der Waals surface area contributed by atoms with Crippen molar-refractivity contribution in [2.24, 2.45) is 4.99 Å². The highest BCUT2D eigenvalue weighted by molar-refractivity contribution is 8.18. The van der Waals surface area contributed by atoms with Crippen LogP contribution in [0.25, 0.3) is 6.08 Å². The van der Waals surface area contributed by atoms with Gasteiger partial charge in [0.05, 0.1) is 28.8 Å². The Hall–Kier alpha value is -3.04. The fourth-order valence-electron chi connectivity index (χ4n) is 3.06. The first-order chi connectivity index (χ1) is 16.4. The molecule has 3 rings (SSSR count). The number of amidine groups is 1. The largest absolute Gasteiger partial charge is 0.490 e. The highest BCUT2D eigenvalue weighted by Crippen LogP contribution is 2.39. The highest BCUT2D eigenvalue weighted by Gasteiger charge is 2.32. The summed E-state index contributed by atoms with van der Waals surface area (Å²) in [6, 6.07) is 9.03. The Morgan fingerprint density at radius 3 is 2.53 bits per heavy atom. The number of aliphatic imine (C=N–C) groups is 1. The molecule has 0 radical (unpaired) electrons. The van der Waals surface area contributed by atoms with Crippen molar-refractivity contribution >= 4 is 52.2 Å². The molecule has 0 aliphatic carbocycles. The average molecular weight is 507 g/mol. The molecule has 2 aromatic carbocycles. The van der Waals surface area contributed by atoms with Crippen LogP contribution in [-0.2, 0) is 14.3 Å². The molecule has 1 aliphatic rings. The van der Waals surface area contributed by atoms with Crippen molar-refractivity contribution in [2.75, 3.05) is 26.4 Å². The Labute approximate surface area is 206 Å². The van der Waals surface area contributed by atoms with E-state index >= 15 is 0 Å². The minimum atomic E-state index is -0.521. The lowest BCUT2D eigenvalue weighted by Gasteiger charge is -2.14. The summed E-state index contributed by atoms with van der Waals surface area (Å²) in [5.74, 6) is -0.520. The lowest BCUT2D eigenvalue weighted by molar-refractivity contribution is -0.145. The maximum atomic E-state index is 13.2. The lowest BCUT2D eigenvalue weighted by Crippen LogP contribution is -2.28. The zero-order valence-electron chi connectivity index (χ0n) is 19.0. The fraction of sp³-hybridized carbons (Fsp3) is 0.292. The van der Waals surface area contributed by atoms with Gasteiger partial charge < -0.3 is 14.2 Å². The number of ether oxygens (including phenoxy) is 3. The third-order valence-electron chi connectivity index (χ3n) is 4.52. The van der Waals surface area contributed by atoms with E-state index in [2.05, 4.69) is 4.99 Å². The van der Waals surface area contributed by atoms with E-state index < -0.39 is 5.97 Å². The molecule has 0 saturated carbocycles. The molecule has 0 spiro atoms. The molecule has 2 aromatic rings. The van der Waals surface area contributed by atoms with Crippen molar-refractivity contribution < 1.29 is 28.2 Å². The number of carbonyl (C=O) groups excluding carboxylic acids is 2. The SMILES string of the molecule is CCOC(=O)COc1c(Cl)cc(/C=C2/SC(=Nc3ccc(F)cc3)N(CC)C2=O)cc1OCC. The number of halogens is 2. The van der Waals surface area contributed by atoms with E-state index in [0.29, 0.717) is 40.2 Å². The summed E-state index contributed by atoms with van der Waals surface area (Å²) in [6.07, 6.45) is 1.69. The Morgan fingerprint density at radius 1 is 1.15 bits per heavy atom. The number of likely N-dealkylation sites (N-methyl/N-ethyl adjacent to an activating group) is 1. The highest BCUT2D eigenvalue weighted by atomic mass is 35.5. The predicted octanol–water partition coefficient (Wildman–Crippen LogP) is 5.44. The molecule has 7 nitrogen and oxygen atoms in total. The van der Waals surface area contributed by atoms with Crippen LogP contribution in [0.2, 0.25) is 5.02 Å². The van der Waals surface area contributed by atoms with Gasteiger partial charge in [0.15, 0.2) is 23.3 Å². The van der Waals surface area contributed by atoms with Gasteiger partial charge >= 0.3 is 5.97 Å². The molecule has 1 fully saturated rings. The van der Waals surface area contributed by atoms with Crippen LogP contribution in [0.5, 0.6) is 11.5 Å². The van der Waals surface area contributed by atoms with Crippen LogP contribution in [0.3, 0.4) is 0 Å². The van der Waals surface area contributed by atoms with Crippen molar-refractivity contribution in [3.8, 4) is 11.5 Å². The van der Waals surface area contributed by atoms with Crippen LogP contribution in [-0.4, -0.2) is 48.3 Å². The summed E-state index contributed by atoms with van der Waals surface area (Å²) in [6.45, 7) is 6.07. The molecule has 1 aliphatic heterocycles. The molecular weight excluding hydrogens is 483 g/mol. The van der Waals surface area contributed by atoms with Crippen LogP contribution in [0.15, 0.2) is 46.3 Å². The molecule has 10 heteroatoms. The van der Waals surface area contributed by atoms with Gasteiger partial charge in [-0.3, -0.25) is 9.69 Å². The molecule has 1 heterocycles. The zero-order chi connectivity index (χ0) is 24.7. The minimum absolute atomic E-state index is 0.204. The molecule has 0 unspecified atom stereocenters. The maximum Gasteiger partial charge on any atom is 0.344 e. The number of carbonyl (C=O) groups is 2. The van der Waals surface area contributed by atoms with E-state index in [1.807, 2.05) is 13.8 Å². The number of amides is 1. The fourth-order valence-corrected chi connectivity index (χ4v) is 4.39. The Balaban J connectivity index is 1.89. The summed E-state index contributed by atoms with van der Waals surface area (Å²) in [4.78, 5) is 31.1. The van der Waals surface area contributed by atoms with Gasteiger partial charge in [-0.25, -0.2) is 14.2 Å². The molecule has 34 heavy (non-hydrogen) atoms. The van der Waals surface area contributed by atoms with Crippen molar-refractivity contribution in [1.82, 2.24) is 4.90 Å². The standard InChI is InChI=1S/C24H24ClFN2O5S/c1-4-28-23(30)20(34-24(28)27-17-9-7-16(26)8-10-17)13-15-11-18(25)22(19(12-15)31-5-2)33-14-21(29)32-6-3/h7-13H,4-6,14H2,1-3H3/b20-13+,27-24?. The number of esters is 1. The molecular formula is C24H24ClFN2O5S. The topological polar surface area (TPSA) is 77.4 Å². The molecule has 0 aromatic heterocycles. The van der Waals surface area contributed by atoms with E-state index in [4.69, 9.17) is 25.8 Å². The first kappa shape index (κ1) is 25.6. The second-order valence-electron chi connectivity index (χ2n) is 6.89. The van der Waals surface area contributed by atoms with E-state index in [1.165, 1.54) is 23.9 Å². The monoisotopic (exact) mass is 506 g/mol. The number of benzene rings is 2. The number of thioether (sulfide) groups is 1. The molecule has 1 amide bonds. The molecule has 180 valence electrons. The van der Waals surface area contributed by atoms with Crippen LogP contribution >= 0.6 is 23.4 Å². The zero-order valence-corrected chi connectivity index (χ0v) is 20.5. The summed E-state index contributed by atoms with van der Waals surface area (Å²) >= 11 is 7.63. The summed E-state index contributed by atoms with van der Waals surface area (Å²) in [5, 5.41) is 0.723. The van der Waals surface area contributed by atoms with Gasteiger partial charge in [0, 0.05) is 6.54 Å². The normalized spacial score (nSPS) is 15.8. The van der Waals surface area contributed by atoms with Crippen molar-refractivity contribution in [3.63, 3.8) is 0 Å². The van der Waals surface area contributed by atoms with E-state index in [0.717, 1.165) is 0 Å². The first-order valence-electron chi connectivity index (χ1n) is 10.7. The number of rotatable bonds is 9. The third-order valence-corrected chi connectivity index (χ3v) is 5.81. The van der Waals surface area contributed by atoms with Crippen LogP contribution in [0.1, 0.15) is 26.3 Å². The molecule has 0 atom stereocenters. The second kappa shape index (κ2) is 11.9. The summed E-state index contributed by atoms with van der Waals surface area (Å²) in [7, 11) is 0. The quantitative estimate of drug-likeness (QED) is 0.333. The molecule has 1 saturated heterocycles. The predicted molar refractivity (Wildman–Crippen MR) is 131 cm³/mol. The van der Waals surface area contributed by atoms with Gasteiger partial charge in [-0.2, -0.15) is 0 Å². The first-order valence-corrected chi connectivity index (χ1v) is 11.9. The van der Waals surface area contributed by atoms with E-state index in [1.54, 1.807) is 42.2 Å². The summed E-state index contributed by atoms with van der Waals surface area (Å²) in [5.41, 5.74) is 1.16. The second-order valence-corrected chi connectivity index (χ2v) is 8.30. The van der Waals surface area contributed by atoms with Gasteiger partial charge in [0.2, 0.25) is 0 Å². The van der Waals surface area contributed by atoms with Crippen LogP contribution < -0.4 is 9.47 Å². The van der Waals surface area contributed by atoms with E-state index in [9.17, 15) is 14.0 Å². The van der Waals surface area contributed by atoms with Gasteiger partial charge in [-0.05, 0) is 80.6 Å². The Bertz CT molecular complexity index is 1120. The van der Waals surface area contributed by atoms with Crippen LogP contribution in [0, 0.1) is 5.82 Å². The van der Waals surface area contributed by atoms with Gasteiger partial charge in [-0.1, -0.05) is 11.6 Å². The molecule has 0 N–H and O–H groups in total. The van der Waals surface area contributed by atoms with Crippen LogP contribution in [0.4, 0.5) is 10.1 Å². The van der Waals surface area contributed by atoms with Crippen molar-refractivity contribution in [1.29, 1.82) is 0 Å². The van der Waals surface area contributed by atoms with Crippen molar-refractivity contribution in [3.05, 3.63) is 57.7 Å². The minimum Gasteiger partial charge on any atom is -0.490 e. The smallest absolute Gasteiger partial charge is 0.344 e. The van der Waals surface area contributed by atoms with Crippen molar-refractivity contribution in [2.45, 2.75) is 20.8 Å². The Kier molecular flexibility index (Phi) is 8.95. The average Bonchev–Trinajstić information content (AvgIpc) is 3.08. The van der Waals surface area contributed by atoms with E-state index in [-0.39, 0.29) is 35.7 Å².